The molecular weight excluding hydrogens is 376 g/mol. The first kappa shape index (κ1) is 20.0. The summed E-state index contributed by atoms with van der Waals surface area (Å²) in [7, 11) is 1.58. The number of amides is 1. The third-order valence-corrected chi connectivity index (χ3v) is 4.99. The van der Waals surface area contributed by atoms with Crippen molar-refractivity contribution in [3.8, 4) is 5.75 Å². The normalized spacial score (nSPS) is 10.8. The van der Waals surface area contributed by atoms with Gasteiger partial charge < -0.3 is 14.6 Å². The molecule has 5 nitrogen and oxygen atoms in total. The number of H-pyrrole nitrogens is 1. The zero-order valence-electron chi connectivity index (χ0n) is 16.0. The molecule has 3 aromatic rings. The van der Waals surface area contributed by atoms with Gasteiger partial charge in [0.05, 0.1) is 29.8 Å². The number of methoxy groups -OCH3 is 1. The van der Waals surface area contributed by atoms with Crippen molar-refractivity contribution in [2.24, 2.45) is 0 Å². The molecule has 0 aliphatic heterocycles. The summed E-state index contributed by atoms with van der Waals surface area (Å²) in [6, 6.07) is 14.3. The van der Waals surface area contributed by atoms with Crippen molar-refractivity contribution in [1.82, 2.24) is 9.88 Å². The predicted molar refractivity (Wildman–Crippen MR) is 112 cm³/mol. The van der Waals surface area contributed by atoms with Crippen molar-refractivity contribution in [3.63, 3.8) is 0 Å². The first-order valence-corrected chi connectivity index (χ1v) is 9.65. The molecule has 6 heteroatoms. The molecule has 146 valence electrons. The van der Waals surface area contributed by atoms with Crippen LogP contribution < -0.4 is 10.3 Å². The van der Waals surface area contributed by atoms with Crippen molar-refractivity contribution < 1.29 is 9.53 Å². The number of halogens is 1. The van der Waals surface area contributed by atoms with Crippen LogP contribution in [0.5, 0.6) is 5.75 Å². The number of ether oxygens (including phenoxy) is 1. The molecular formula is C22H23ClN2O3. The van der Waals surface area contributed by atoms with Crippen molar-refractivity contribution in [2.75, 3.05) is 13.7 Å². The third-order valence-electron chi connectivity index (χ3n) is 4.66. The number of unbranched alkanes of at least 4 members (excludes halogenated alkanes) is 1. The van der Waals surface area contributed by atoms with Crippen LogP contribution in [0.1, 0.15) is 35.7 Å². The van der Waals surface area contributed by atoms with Gasteiger partial charge in [0.1, 0.15) is 5.75 Å². The zero-order chi connectivity index (χ0) is 20.1. The molecule has 28 heavy (non-hydrogen) atoms. The quantitative estimate of drug-likeness (QED) is 0.631. The highest BCUT2D eigenvalue weighted by Crippen LogP contribution is 2.21. The highest BCUT2D eigenvalue weighted by atomic mass is 35.5. The Morgan fingerprint density at radius 1 is 1.18 bits per heavy atom. The maximum atomic E-state index is 13.0. The minimum Gasteiger partial charge on any atom is -0.497 e. The average molecular weight is 399 g/mol. The molecule has 0 fully saturated rings. The summed E-state index contributed by atoms with van der Waals surface area (Å²) in [5.41, 5.74) is 1.47. The number of hydrogen-bond acceptors (Lipinski definition) is 3. The van der Waals surface area contributed by atoms with Crippen molar-refractivity contribution >= 4 is 28.4 Å². The van der Waals surface area contributed by atoms with Gasteiger partial charge in [-0.1, -0.05) is 37.1 Å². The number of benzene rings is 2. The lowest BCUT2D eigenvalue weighted by Crippen LogP contribution is -2.33. The van der Waals surface area contributed by atoms with E-state index in [9.17, 15) is 9.59 Å². The predicted octanol–water partition coefficient (Wildman–Crippen LogP) is 4.63. The summed E-state index contributed by atoms with van der Waals surface area (Å²) in [5.74, 6) is 0.502. The Morgan fingerprint density at radius 2 is 1.96 bits per heavy atom. The summed E-state index contributed by atoms with van der Waals surface area (Å²) in [6.45, 7) is 2.84. The van der Waals surface area contributed by atoms with Gasteiger partial charge >= 0.3 is 0 Å². The van der Waals surface area contributed by atoms with Gasteiger partial charge in [0, 0.05) is 18.2 Å². The monoisotopic (exact) mass is 398 g/mol. The fourth-order valence-electron chi connectivity index (χ4n) is 3.08. The molecule has 2 aromatic carbocycles. The van der Waals surface area contributed by atoms with Gasteiger partial charge in [0.25, 0.3) is 11.5 Å². The molecule has 1 N–H and O–H groups in total. The number of nitrogens with one attached hydrogen (secondary N) is 1. The number of pyridine rings is 1. The van der Waals surface area contributed by atoms with E-state index >= 15 is 0 Å². The standard InChI is InChI=1S/C22H23ClN2O3/c1-3-4-11-25(22(27)18-7-5-6-8-19(18)23)14-16-12-15-9-10-17(28-2)13-20(15)24-21(16)26/h5-10,12-13H,3-4,11,14H2,1-2H3,(H,24,26). The Hall–Kier alpha value is -2.79. The topological polar surface area (TPSA) is 62.4 Å². The third kappa shape index (κ3) is 4.37. The number of rotatable bonds is 7. The van der Waals surface area contributed by atoms with Gasteiger partial charge in [-0.15, -0.1) is 0 Å². The number of carbonyl (C=O) groups is 1. The molecule has 0 saturated carbocycles. The van der Waals surface area contributed by atoms with Gasteiger partial charge in [0.15, 0.2) is 0 Å². The first-order chi connectivity index (χ1) is 13.5. The molecule has 0 saturated heterocycles. The number of carbonyl (C=O) groups excluding carboxylic acids is 1. The van der Waals surface area contributed by atoms with E-state index in [1.807, 2.05) is 18.2 Å². The fourth-order valence-corrected chi connectivity index (χ4v) is 3.30. The maximum Gasteiger partial charge on any atom is 0.255 e. The van der Waals surface area contributed by atoms with Crippen LogP contribution in [0.4, 0.5) is 0 Å². The van der Waals surface area contributed by atoms with E-state index in [0.29, 0.717) is 34.0 Å². The smallest absolute Gasteiger partial charge is 0.255 e. The van der Waals surface area contributed by atoms with Crippen LogP contribution in [0.2, 0.25) is 5.02 Å². The van der Waals surface area contributed by atoms with E-state index in [1.165, 1.54) is 0 Å². The van der Waals surface area contributed by atoms with E-state index in [2.05, 4.69) is 11.9 Å². The van der Waals surface area contributed by atoms with Gasteiger partial charge in [-0.25, -0.2) is 0 Å². The summed E-state index contributed by atoms with van der Waals surface area (Å²) in [6.07, 6.45) is 1.79. The molecule has 0 unspecified atom stereocenters. The second-order valence-corrected chi connectivity index (χ2v) is 7.04. The van der Waals surface area contributed by atoms with E-state index < -0.39 is 0 Å². The Balaban J connectivity index is 1.94. The fraction of sp³-hybridized carbons (Fsp3) is 0.273. The number of nitrogens with zero attached hydrogens (tertiary/aromatic N) is 1. The van der Waals surface area contributed by atoms with Crippen LogP contribution in [-0.2, 0) is 6.54 Å². The van der Waals surface area contributed by atoms with Crippen LogP contribution in [0.15, 0.2) is 53.3 Å². The van der Waals surface area contributed by atoms with Gasteiger partial charge in [-0.3, -0.25) is 9.59 Å². The molecule has 0 spiro atoms. The molecule has 1 heterocycles. The second-order valence-electron chi connectivity index (χ2n) is 6.64. The van der Waals surface area contributed by atoms with Crippen LogP contribution in [0.3, 0.4) is 0 Å². The summed E-state index contributed by atoms with van der Waals surface area (Å²) in [5, 5.41) is 1.30. The van der Waals surface area contributed by atoms with E-state index in [-0.39, 0.29) is 18.0 Å². The van der Waals surface area contributed by atoms with Crippen LogP contribution in [0, 0.1) is 0 Å². The average Bonchev–Trinajstić information content (AvgIpc) is 2.70. The summed E-state index contributed by atoms with van der Waals surface area (Å²) in [4.78, 5) is 30.2. The second kappa shape index (κ2) is 8.93. The minimum atomic E-state index is -0.214. The van der Waals surface area contributed by atoms with Gasteiger partial charge in [0.2, 0.25) is 0 Å². The van der Waals surface area contributed by atoms with Crippen molar-refractivity contribution in [2.45, 2.75) is 26.3 Å². The Labute approximate surface area is 168 Å². The number of hydrogen-bond donors (Lipinski definition) is 1. The lowest BCUT2D eigenvalue weighted by molar-refractivity contribution is 0.0740. The SMILES string of the molecule is CCCCN(Cc1cc2ccc(OC)cc2[nH]c1=O)C(=O)c1ccccc1Cl. The lowest BCUT2D eigenvalue weighted by atomic mass is 10.1. The number of aromatic amines is 1. The van der Waals surface area contributed by atoms with Gasteiger partial charge in [-0.05, 0) is 42.1 Å². The molecule has 0 aliphatic carbocycles. The highest BCUT2D eigenvalue weighted by molar-refractivity contribution is 6.33. The summed E-state index contributed by atoms with van der Waals surface area (Å²) < 4.78 is 5.21. The highest BCUT2D eigenvalue weighted by Gasteiger charge is 2.19. The first-order valence-electron chi connectivity index (χ1n) is 9.27. The van der Waals surface area contributed by atoms with E-state index in [4.69, 9.17) is 16.3 Å². The molecule has 3 rings (SSSR count). The zero-order valence-corrected chi connectivity index (χ0v) is 16.8. The molecule has 1 amide bonds. The van der Waals surface area contributed by atoms with E-state index in [1.54, 1.807) is 42.3 Å². The molecule has 1 aromatic heterocycles. The van der Waals surface area contributed by atoms with E-state index in [0.717, 1.165) is 18.2 Å². The molecule has 0 bridgehead atoms. The maximum absolute atomic E-state index is 13.0. The Kier molecular flexibility index (Phi) is 6.37. The largest absolute Gasteiger partial charge is 0.497 e. The molecule has 0 aliphatic rings. The van der Waals surface area contributed by atoms with Crippen molar-refractivity contribution in [3.05, 3.63) is 75.0 Å². The lowest BCUT2D eigenvalue weighted by Gasteiger charge is -2.23. The Morgan fingerprint density at radius 3 is 2.68 bits per heavy atom. The van der Waals surface area contributed by atoms with Crippen LogP contribution in [-0.4, -0.2) is 29.4 Å². The number of aromatic nitrogens is 1. The Bertz CT molecular complexity index is 1050. The van der Waals surface area contributed by atoms with Crippen LogP contribution in [0.25, 0.3) is 10.9 Å². The molecule has 0 radical (unpaired) electrons. The van der Waals surface area contributed by atoms with Crippen molar-refractivity contribution in [1.29, 1.82) is 0 Å². The number of fused-ring (bicyclic) bond motifs is 1. The summed E-state index contributed by atoms with van der Waals surface area (Å²) >= 11 is 6.21. The van der Waals surface area contributed by atoms with Crippen LogP contribution >= 0.6 is 11.6 Å². The molecule has 0 atom stereocenters. The van der Waals surface area contributed by atoms with Gasteiger partial charge in [-0.2, -0.15) is 0 Å². The minimum absolute atomic E-state index is 0.173.